The first-order valence-electron chi connectivity index (χ1n) is 8.96. The molecular weight excluding hydrogens is 320 g/mol. The Hall–Kier alpha value is -3.07. The van der Waals surface area contributed by atoms with Crippen LogP contribution in [0.5, 0.6) is 5.88 Å². The summed E-state index contributed by atoms with van der Waals surface area (Å²) < 4.78 is 7.63. The molecule has 0 bridgehead atoms. The van der Waals surface area contributed by atoms with E-state index in [-0.39, 0.29) is 0 Å². The van der Waals surface area contributed by atoms with E-state index in [2.05, 4.69) is 66.7 Å². The average Bonchev–Trinajstić information content (AvgIpc) is 3.07. The van der Waals surface area contributed by atoms with E-state index < -0.39 is 0 Å². The summed E-state index contributed by atoms with van der Waals surface area (Å²) in [5.41, 5.74) is 3.63. The standard InChI is InChI=1S/C23H22N2O/c1-26-23-21-14-8-9-15-22(21)24-25(23)17-16-20(18-10-4-2-5-11-18)19-12-6-3-7-13-19/h2-15,20H,16-17H2,1H3. The van der Waals surface area contributed by atoms with Gasteiger partial charge in [-0.2, -0.15) is 5.10 Å². The second-order valence-electron chi connectivity index (χ2n) is 6.41. The molecule has 0 fully saturated rings. The normalized spacial score (nSPS) is 11.2. The summed E-state index contributed by atoms with van der Waals surface area (Å²) in [6.07, 6.45) is 0.957. The molecule has 0 aliphatic heterocycles. The summed E-state index contributed by atoms with van der Waals surface area (Å²) in [5, 5.41) is 5.80. The van der Waals surface area contributed by atoms with E-state index >= 15 is 0 Å². The van der Waals surface area contributed by atoms with Crippen LogP contribution < -0.4 is 4.74 Å². The molecule has 0 amide bonds. The van der Waals surface area contributed by atoms with Gasteiger partial charge in [-0.15, -0.1) is 0 Å². The van der Waals surface area contributed by atoms with E-state index in [0.29, 0.717) is 5.92 Å². The van der Waals surface area contributed by atoms with Crippen LogP contribution in [-0.4, -0.2) is 16.9 Å². The third-order valence-corrected chi connectivity index (χ3v) is 4.82. The van der Waals surface area contributed by atoms with Gasteiger partial charge in [0.15, 0.2) is 0 Å². The van der Waals surface area contributed by atoms with Crippen LogP contribution in [0.15, 0.2) is 84.9 Å². The van der Waals surface area contributed by atoms with Crippen LogP contribution in [0.25, 0.3) is 10.9 Å². The summed E-state index contributed by atoms with van der Waals surface area (Å²) in [5.74, 6) is 1.16. The van der Waals surface area contributed by atoms with E-state index in [1.54, 1.807) is 7.11 Å². The van der Waals surface area contributed by atoms with E-state index in [0.717, 1.165) is 29.7 Å². The molecule has 3 nitrogen and oxygen atoms in total. The van der Waals surface area contributed by atoms with Crippen LogP contribution >= 0.6 is 0 Å². The number of benzene rings is 3. The number of fused-ring (bicyclic) bond motifs is 1. The van der Waals surface area contributed by atoms with Crippen LogP contribution in [0.2, 0.25) is 0 Å². The lowest BCUT2D eigenvalue weighted by Crippen LogP contribution is -2.09. The smallest absolute Gasteiger partial charge is 0.219 e. The van der Waals surface area contributed by atoms with Crippen LogP contribution in [0.3, 0.4) is 0 Å². The monoisotopic (exact) mass is 342 g/mol. The molecule has 26 heavy (non-hydrogen) atoms. The van der Waals surface area contributed by atoms with Gasteiger partial charge in [-0.3, -0.25) is 0 Å². The third-order valence-electron chi connectivity index (χ3n) is 4.82. The van der Waals surface area contributed by atoms with Crippen molar-refractivity contribution < 1.29 is 4.74 Å². The van der Waals surface area contributed by atoms with Crippen molar-refractivity contribution in [2.75, 3.05) is 7.11 Å². The van der Waals surface area contributed by atoms with Crippen molar-refractivity contribution in [3.63, 3.8) is 0 Å². The largest absolute Gasteiger partial charge is 0.481 e. The number of rotatable bonds is 6. The van der Waals surface area contributed by atoms with Gasteiger partial charge in [0.05, 0.1) is 18.0 Å². The van der Waals surface area contributed by atoms with Crippen LogP contribution in [0, 0.1) is 0 Å². The molecule has 0 atom stereocenters. The van der Waals surface area contributed by atoms with Crippen LogP contribution in [0.4, 0.5) is 0 Å². The predicted molar refractivity (Wildman–Crippen MR) is 106 cm³/mol. The number of ether oxygens (including phenoxy) is 1. The molecular formula is C23H22N2O. The van der Waals surface area contributed by atoms with Gasteiger partial charge < -0.3 is 4.74 Å². The quantitative estimate of drug-likeness (QED) is 0.477. The van der Waals surface area contributed by atoms with Gasteiger partial charge in [0, 0.05) is 12.5 Å². The SMILES string of the molecule is COc1c2ccccc2nn1CCC(c1ccccc1)c1ccccc1. The van der Waals surface area contributed by atoms with Gasteiger partial charge in [0.1, 0.15) is 0 Å². The zero-order valence-corrected chi connectivity index (χ0v) is 14.9. The fourth-order valence-electron chi connectivity index (χ4n) is 3.57. The van der Waals surface area contributed by atoms with Gasteiger partial charge in [-0.05, 0) is 29.7 Å². The lowest BCUT2D eigenvalue weighted by atomic mass is 9.88. The first-order valence-corrected chi connectivity index (χ1v) is 8.96. The molecule has 0 aliphatic rings. The Balaban J connectivity index is 1.65. The molecule has 1 heterocycles. The molecule has 1 aromatic heterocycles. The highest BCUT2D eigenvalue weighted by Gasteiger charge is 2.17. The summed E-state index contributed by atoms with van der Waals surface area (Å²) in [7, 11) is 1.71. The highest BCUT2D eigenvalue weighted by atomic mass is 16.5. The Labute approximate surface area is 153 Å². The minimum absolute atomic E-state index is 0.328. The van der Waals surface area contributed by atoms with Crippen molar-refractivity contribution in [2.24, 2.45) is 0 Å². The molecule has 3 aromatic carbocycles. The molecule has 4 aromatic rings. The second-order valence-corrected chi connectivity index (χ2v) is 6.41. The molecule has 0 N–H and O–H groups in total. The molecule has 0 unspecified atom stereocenters. The molecule has 0 spiro atoms. The summed E-state index contributed by atoms with van der Waals surface area (Å²) >= 11 is 0. The topological polar surface area (TPSA) is 27.1 Å². The summed E-state index contributed by atoms with van der Waals surface area (Å²) in [6, 6.07) is 29.5. The van der Waals surface area contributed by atoms with E-state index in [9.17, 15) is 0 Å². The minimum atomic E-state index is 0.328. The van der Waals surface area contributed by atoms with Crippen molar-refractivity contribution in [1.29, 1.82) is 0 Å². The molecule has 0 aliphatic carbocycles. The third kappa shape index (κ3) is 3.21. The van der Waals surface area contributed by atoms with Crippen molar-refractivity contribution in [2.45, 2.75) is 18.9 Å². The fraction of sp³-hybridized carbons (Fsp3) is 0.174. The highest BCUT2D eigenvalue weighted by Crippen LogP contribution is 2.31. The molecule has 0 saturated heterocycles. The maximum atomic E-state index is 5.64. The van der Waals surface area contributed by atoms with Crippen molar-refractivity contribution >= 4 is 10.9 Å². The summed E-state index contributed by atoms with van der Waals surface area (Å²) in [6.45, 7) is 0.798. The maximum Gasteiger partial charge on any atom is 0.219 e. The highest BCUT2D eigenvalue weighted by molar-refractivity contribution is 5.84. The predicted octanol–water partition coefficient (Wildman–Crippen LogP) is 5.27. The maximum absolute atomic E-state index is 5.64. The number of methoxy groups -OCH3 is 1. The number of aromatic nitrogens is 2. The van der Waals surface area contributed by atoms with Gasteiger partial charge in [0.25, 0.3) is 0 Å². The fourth-order valence-corrected chi connectivity index (χ4v) is 3.57. The lowest BCUT2D eigenvalue weighted by molar-refractivity contribution is 0.359. The Bertz CT molecular complexity index is 937. The molecule has 130 valence electrons. The van der Waals surface area contributed by atoms with E-state index in [1.165, 1.54) is 11.1 Å². The first kappa shape index (κ1) is 16.4. The van der Waals surface area contributed by atoms with E-state index in [1.807, 2.05) is 22.9 Å². The van der Waals surface area contributed by atoms with Gasteiger partial charge >= 0.3 is 0 Å². The van der Waals surface area contributed by atoms with Gasteiger partial charge in [0.2, 0.25) is 5.88 Å². The van der Waals surface area contributed by atoms with Gasteiger partial charge in [-0.25, -0.2) is 4.68 Å². The number of aryl methyl sites for hydroxylation is 1. The Morgan fingerprint density at radius 2 is 1.38 bits per heavy atom. The molecule has 0 saturated carbocycles. The Morgan fingerprint density at radius 3 is 2.00 bits per heavy atom. The summed E-state index contributed by atoms with van der Waals surface area (Å²) in [4.78, 5) is 0. The number of nitrogens with zero attached hydrogens (tertiary/aromatic N) is 2. The Kier molecular flexibility index (Phi) is 4.69. The first-order chi connectivity index (χ1) is 12.9. The van der Waals surface area contributed by atoms with Crippen LogP contribution in [-0.2, 0) is 6.54 Å². The number of hydrogen-bond donors (Lipinski definition) is 0. The van der Waals surface area contributed by atoms with Crippen LogP contribution in [0.1, 0.15) is 23.5 Å². The molecule has 4 rings (SSSR count). The number of hydrogen-bond acceptors (Lipinski definition) is 2. The second kappa shape index (κ2) is 7.44. The Morgan fingerprint density at radius 1 is 0.808 bits per heavy atom. The molecule has 3 heteroatoms. The zero-order valence-electron chi connectivity index (χ0n) is 14.9. The molecule has 0 radical (unpaired) electrons. The van der Waals surface area contributed by atoms with Crippen molar-refractivity contribution in [1.82, 2.24) is 9.78 Å². The zero-order chi connectivity index (χ0) is 17.8. The minimum Gasteiger partial charge on any atom is -0.481 e. The van der Waals surface area contributed by atoms with Crippen molar-refractivity contribution in [3.05, 3.63) is 96.1 Å². The lowest BCUT2D eigenvalue weighted by Gasteiger charge is -2.18. The van der Waals surface area contributed by atoms with E-state index in [4.69, 9.17) is 9.84 Å². The van der Waals surface area contributed by atoms with Gasteiger partial charge in [-0.1, -0.05) is 72.8 Å². The average molecular weight is 342 g/mol. The van der Waals surface area contributed by atoms with Crippen molar-refractivity contribution in [3.8, 4) is 5.88 Å².